The highest BCUT2D eigenvalue weighted by Gasteiger charge is 2.25. The largest absolute Gasteiger partial charge is 0.467 e. The first kappa shape index (κ1) is 20.5. The van der Waals surface area contributed by atoms with Gasteiger partial charge in [-0.2, -0.15) is 4.98 Å². The minimum absolute atomic E-state index is 0.218. The van der Waals surface area contributed by atoms with E-state index in [4.69, 9.17) is 4.74 Å². The number of fused-ring (bicyclic) bond motifs is 2. The van der Waals surface area contributed by atoms with Crippen molar-refractivity contribution in [2.75, 3.05) is 30.4 Å². The van der Waals surface area contributed by atoms with Crippen LogP contribution in [-0.4, -0.2) is 58.1 Å². The smallest absolute Gasteiger partial charge is 0.316 e. The van der Waals surface area contributed by atoms with Crippen molar-refractivity contribution in [2.45, 2.75) is 25.9 Å². The van der Waals surface area contributed by atoms with Crippen molar-refractivity contribution in [1.82, 2.24) is 25.3 Å². The summed E-state index contributed by atoms with van der Waals surface area (Å²) in [5.41, 5.74) is 2.74. The molecule has 4 aromatic rings. The van der Waals surface area contributed by atoms with Crippen molar-refractivity contribution < 1.29 is 9.53 Å². The first-order valence-electron chi connectivity index (χ1n) is 10.4. The quantitative estimate of drug-likeness (QED) is 0.490. The Kier molecular flexibility index (Phi) is 5.32. The number of amides is 1. The second-order valence-electron chi connectivity index (χ2n) is 7.93. The molecule has 2 atom stereocenters. The summed E-state index contributed by atoms with van der Waals surface area (Å²) in [6.45, 7) is 6.05. The summed E-state index contributed by atoms with van der Waals surface area (Å²) >= 11 is 1.33. The number of thiazole rings is 1. The fourth-order valence-corrected chi connectivity index (χ4v) is 4.96. The number of hydrogen-bond donors (Lipinski definition) is 2. The zero-order valence-corrected chi connectivity index (χ0v) is 18.8. The number of nitrogens with zero attached hydrogens (tertiary/aromatic N) is 5. The van der Waals surface area contributed by atoms with E-state index in [1.165, 1.54) is 18.4 Å². The van der Waals surface area contributed by atoms with Gasteiger partial charge in [-0.05, 0) is 38.1 Å². The van der Waals surface area contributed by atoms with Gasteiger partial charge in [-0.15, -0.1) is 0 Å². The van der Waals surface area contributed by atoms with Gasteiger partial charge in [0.25, 0.3) is 5.91 Å². The first-order valence-corrected chi connectivity index (χ1v) is 11.2. The van der Waals surface area contributed by atoms with Crippen molar-refractivity contribution in [1.29, 1.82) is 0 Å². The lowest BCUT2D eigenvalue weighted by atomic mass is 10.0. The SMILES string of the molecule is COc1ncc2c(N3C[C@@H](C)N[C@@H](C)C3)ccc(C(=O)Nc3nc4cccnc4s3)c2n1. The van der Waals surface area contributed by atoms with Crippen molar-refractivity contribution in [3.63, 3.8) is 0 Å². The molecule has 9 nitrogen and oxygen atoms in total. The van der Waals surface area contributed by atoms with Gasteiger partial charge in [0, 0.05) is 48.6 Å². The minimum atomic E-state index is -0.289. The van der Waals surface area contributed by atoms with Crippen LogP contribution in [-0.2, 0) is 0 Å². The van der Waals surface area contributed by atoms with Crippen LogP contribution >= 0.6 is 11.3 Å². The maximum absolute atomic E-state index is 13.2. The molecule has 1 aromatic carbocycles. The normalized spacial score (nSPS) is 18.8. The Labute approximate surface area is 188 Å². The standard InChI is InChI=1S/C22H23N7O2S/c1-12-10-29(11-13(2)25-12)17-7-6-14(18-15(17)9-24-21(27-18)31-3)19(30)28-22-26-16-5-4-8-23-20(16)32-22/h4-9,12-13,25H,10-11H2,1-3H3,(H,26,28,30)/t12-,13+. The summed E-state index contributed by atoms with van der Waals surface area (Å²) in [7, 11) is 1.51. The Morgan fingerprint density at radius 1 is 1.19 bits per heavy atom. The average Bonchev–Trinajstić information content (AvgIpc) is 3.19. The van der Waals surface area contributed by atoms with E-state index < -0.39 is 0 Å². The third kappa shape index (κ3) is 3.82. The first-order chi connectivity index (χ1) is 15.5. The molecule has 1 saturated heterocycles. The van der Waals surface area contributed by atoms with Gasteiger partial charge in [0.15, 0.2) is 5.13 Å². The van der Waals surface area contributed by atoms with Crippen LogP contribution in [0.1, 0.15) is 24.2 Å². The lowest BCUT2D eigenvalue weighted by Crippen LogP contribution is -2.54. The molecule has 5 rings (SSSR count). The van der Waals surface area contributed by atoms with Gasteiger partial charge in [-0.3, -0.25) is 10.1 Å². The molecule has 1 aliphatic heterocycles. The fourth-order valence-electron chi connectivity index (χ4n) is 4.16. The van der Waals surface area contributed by atoms with Gasteiger partial charge in [-0.25, -0.2) is 15.0 Å². The predicted molar refractivity (Wildman–Crippen MR) is 126 cm³/mol. The molecule has 0 bridgehead atoms. The molecule has 10 heteroatoms. The number of rotatable bonds is 4. The summed E-state index contributed by atoms with van der Waals surface area (Å²) in [5.74, 6) is -0.289. The molecule has 2 N–H and O–H groups in total. The Morgan fingerprint density at radius 3 is 2.75 bits per heavy atom. The molecule has 1 fully saturated rings. The predicted octanol–water partition coefficient (Wildman–Crippen LogP) is 3.08. The number of nitrogens with one attached hydrogen (secondary N) is 2. The second-order valence-corrected chi connectivity index (χ2v) is 8.90. The molecular formula is C22H23N7O2S. The molecular weight excluding hydrogens is 426 g/mol. The molecule has 32 heavy (non-hydrogen) atoms. The van der Waals surface area contributed by atoms with Crippen LogP contribution in [0.15, 0.2) is 36.7 Å². The van der Waals surface area contributed by atoms with E-state index in [1.807, 2.05) is 24.3 Å². The van der Waals surface area contributed by atoms with E-state index in [0.29, 0.717) is 28.3 Å². The molecule has 1 amide bonds. The lowest BCUT2D eigenvalue weighted by Gasteiger charge is -2.38. The topological polar surface area (TPSA) is 105 Å². The Hall–Kier alpha value is -3.37. The number of pyridine rings is 1. The highest BCUT2D eigenvalue weighted by Crippen LogP contribution is 2.31. The summed E-state index contributed by atoms with van der Waals surface area (Å²) in [6.07, 6.45) is 3.44. The average molecular weight is 450 g/mol. The van der Waals surface area contributed by atoms with Gasteiger partial charge < -0.3 is 15.0 Å². The van der Waals surface area contributed by atoms with Crippen LogP contribution in [0.4, 0.5) is 10.8 Å². The Bertz CT molecular complexity index is 1270. The van der Waals surface area contributed by atoms with E-state index in [9.17, 15) is 4.79 Å². The fraction of sp³-hybridized carbons (Fsp3) is 0.318. The zero-order chi connectivity index (χ0) is 22.2. The van der Waals surface area contributed by atoms with Crippen molar-refractivity contribution in [2.24, 2.45) is 0 Å². The number of ether oxygens (including phenoxy) is 1. The van der Waals surface area contributed by atoms with Crippen LogP contribution in [0.5, 0.6) is 6.01 Å². The van der Waals surface area contributed by atoms with Crippen molar-refractivity contribution in [3.8, 4) is 6.01 Å². The number of benzene rings is 1. The molecule has 0 spiro atoms. The number of anilines is 2. The van der Waals surface area contributed by atoms with Gasteiger partial charge in [0.1, 0.15) is 10.3 Å². The monoisotopic (exact) mass is 449 g/mol. The van der Waals surface area contributed by atoms with E-state index in [2.05, 4.69) is 49.3 Å². The van der Waals surface area contributed by atoms with Gasteiger partial charge in [0.2, 0.25) is 0 Å². The summed E-state index contributed by atoms with van der Waals surface area (Å²) < 4.78 is 5.24. The highest BCUT2D eigenvalue weighted by molar-refractivity contribution is 7.21. The van der Waals surface area contributed by atoms with Crippen LogP contribution in [0, 0.1) is 0 Å². The third-order valence-electron chi connectivity index (χ3n) is 5.42. The Morgan fingerprint density at radius 2 is 2.00 bits per heavy atom. The summed E-state index contributed by atoms with van der Waals surface area (Å²) in [5, 5.41) is 7.74. The molecule has 0 radical (unpaired) electrons. The van der Waals surface area contributed by atoms with Crippen molar-refractivity contribution in [3.05, 3.63) is 42.2 Å². The van der Waals surface area contributed by atoms with E-state index in [0.717, 1.165) is 34.5 Å². The summed E-state index contributed by atoms with van der Waals surface area (Å²) in [6, 6.07) is 8.38. The van der Waals surface area contributed by atoms with Crippen LogP contribution in [0.2, 0.25) is 0 Å². The number of carbonyl (C=O) groups excluding carboxylic acids is 1. The van der Waals surface area contributed by atoms with Gasteiger partial charge in [-0.1, -0.05) is 11.3 Å². The maximum atomic E-state index is 13.2. The number of hydrogen-bond acceptors (Lipinski definition) is 9. The number of piperazine rings is 1. The summed E-state index contributed by atoms with van der Waals surface area (Å²) in [4.78, 5) is 33.9. The van der Waals surface area contributed by atoms with Crippen molar-refractivity contribution >= 4 is 49.3 Å². The minimum Gasteiger partial charge on any atom is -0.467 e. The molecule has 0 unspecified atom stereocenters. The van der Waals surface area contributed by atoms with Gasteiger partial charge in [0.05, 0.1) is 18.2 Å². The second kappa shape index (κ2) is 8.29. The number of carbonyl (C=O) groups is 1. The van der Waals surface area contributed by atoms with Gasteiger partial charge >= 0.3 is 6.01 Å². The van der Waals surface area contributed by atoms with E-state index in [1.54, 1.807) is 12.4 Å². The van der Waals surface area contributed by atoms with E-state index >= 15 is 0 Å². The molecule has 3 aromatic heterocycles. The molecule has 1 aliphatic rings. The molecule has 164 valence electrons. The maximum Gasteiger partial charge on any atom is 0.316 e. The zero-order valence-electron chi connectivity index (χ0n) is 18.0. The lowest BCUT2D eigenvalue weighted by molar-refractivity contribution is 0.102. The Balaban J connectivity index is 1.54. The molecule has 0 aliphatic carbocycles. The van der Waals surface area contributed by atoms with Crippen LogP contribution in [0.3, 0.4) is 0 Å². The molecule has 0 saturated carbocycles. The van der Waals surface area contributed by atoms with Crippen LogP contribution < -0.4 is 20.3 Å². The number of aromatic nitrogens is 4. The van der Waals surface area contributed by atoms with E-state index in [-0.39, 0.29) is 11.9 Å². The third-order valence-corrected chi connectivity index (χ3v) is 6.31. The van der Waals surface area contributed by atoms with Crippen LogP contribution in [0.25, 0.3) is 21.3 Å². The molecule has 4 heterocycles. The highest BCUT2D eigenvalue weighted by atomic mass is 32.1. The number of methoxy groups -OCH3 is 1.